The fourth-order valence-corrected chi connectivity index (χ4v) is 5.39. The van der Waals surface area contributed by atoms with Crippen molar-refractivity contribution in [1.82, 2.24) is 15.5 Å². The molecule has 0 fully saturated rings. The number of benzene rings is 2. The summed E-state index contributed by atoms with van der Waals surface area (Å²) in [6.45, 7) is 6.49. The van der Waals surface area contributed by atoms with Crippen molar-refractivity contribution in [3.8, 4) is 0 Å². The summed E-state index contributed by atoms with van der Waals surface area (Å²) in [5.41, 5.74) is 3.67. The molecule has 4 rings (SSSR count). The lowest BCUT2D eigenvalue weighted by Gasteiger charge is -2.12. The molecule has 1 atom stereocenters. The van der Waals surface area contributed by atoms with E-state index in [4.69, 9.17) is 9.51 Å². The lowest BCUT2D eigenvalue weighted by Crippen LogP contribution is -2.27. The summed E-state index contributed by atoms with van der Waals surface area (Å²) >= 11 is 3.31. The van der Waals surface area contributed by atoms with E-state index in [0.717, 1.165) is 32.4 Å². The third-order valence-corrected chi connectivity index (χ3v) is 7.35. The van der Waals surface area contributed by atoms with Crippen LogP contribution in [0.3, 0.4) is 0 Å². The predicted octanol–water partition coefficient (Wildman–Crippen LogP) is 5.73. The van der Waals surface area contributed by atoms with Gasteiger partial charge >= 0.3 is 0 Å². The zero-order valence-electron chi connectivity index (χ0n) is 17.1. The number of fused-ring (bicyclic) bond motifs is 1. The maximum absolute atomic E-state index is 12.9. The van der Waals surface area contributed by atoms with Gasteiger partial charge in [0, 0.05) is 28.7 Å². The summed E-state index contributed by atoms with van der Waals surface area (Å²) in [5, 5.41) is 8.13. The average molecular weight is 438 g/mol. The smallest absolute Gasteiger partial charge is 0.252 e. The van der Waals surface area contributed by atoms with Crippen molar-refractivity contribution in [3.63, 3.8) is 0 Å². The van der Waals surface area contributed by atoms with Crippen molar-refractivity contribution in [1.29, 1.82) is 0 Å². The molecule has 0 bridgehead atoms. The summed E-state index contributed by atoms with van der Waals surface area (Å²) in [5.74, 6) is 1.62. The van der Waals surface area contributed by atoms with Crippen LogP contribution in [0.1, 0.15) is 45.2 Å². The Kier molecular flexibility index (Phi) is 6.20. The number of rotatable bonds is 7. The van der Waals surface area contributed by atoms with Gasteiger partial charge in [-0.15, -0.1) is 23.1 Å². The van der Waals surface area contributed by atoms with E-state index in [2.05, 4.69) is 23.5 Å². The molecular weight excluding hydrogens is 414 g/mol. The predicted molar refractivity (Wildman–Crippen MR) is 122 cm³/mol. The minimum atomic E-state index is -0.0650. The standard InChI is InChI=1S/C23H23N3O2S2/c1-14(23-25-19-9-5-7-11-21(19)30-23)12-24-22(27)17-8-4-6-10-20(17)29-13-18-15(2)26-28-16(18)3/h4-11,14H,12-13H2,1-3H3,(H,24,27). The first-order valence-corrected chi connectivity index (χ1v) is 11.6. The molecule has 0 saturated heterocycles. The SMILES string of the molecule is Cc1noc(C)c1CSc1ccccc1C(=O)NCC(C)c1nc2ccccc2s1. The lowest BCUT2D eigenvalue weighted by atomic mass is 10.1. The molecule has 0 saturated carbocycles. The van der Waals surface area contributed by atoms with Crippen LogP contribution in [0.4, 0.5) is 0 Å². The average Bonchev–Trinajstić information content (AvgIpc) is 3.33. The van der Waals surface area contributed by atoms with E-state index in [1.165, 1.54) is 4.70 Å². The second-order valence-electron chi connectivity index (χ2n) is 7.22. The Labute approximate surface area is 183 Å². The molecule has 154 valence electrons. The minimum Gasteiger partial charge on any atom is -0.361 e. The lowest BCUT2D eigenvalue weighted by molar-refractivity contribution is 0.0948. The summed E-state index contributed by atoms with van der Waals surface area (Å²) < 4.78 is 6.42. The summed E-state index contributed by atoms with van der Waals surface area (Å²) in [6, 6.07) is 15.8. The number of carbonyl (C=O) groups is 1. The molecule has 1 N–H and O–H groups in total. The molecule has 0 aliphatic heterocycles. The molecule has 1 unspecified atom stereocenters. The fraction of sp³-hybridized carbons (Fsp3) is 0.261. The number of nitrogens with zero attached hydrogens (tertiary/aromatic N) is 2. The van der Waals surface area contributed by atoms with Gasteiger partial charge in [-0.1, -0.05) is 36.3 Å². The maximum Gasteiger partial charge on any atom is 0.252 e. The first-order chi connectivity index (χ1) is 14.5. The molecule has 0 spiro atoms. The number of aromatic nitrogens is 2. The minimum absolute atomic E-state index is 0.0650. The fourth-order valence-electron chi connectivity index (χ4n) is 3.17. The molecule has 2 heterocycles. The molecule has 2 aromatic carbocycles. The van der Waals surface area contributed by atoms with E-state index in [1.54, 1.807) is 23.1 Å². The zero-order valence-corrected chi connectivity index (χ0v) is 18.8. The van der Waals surface area contributed by atoms with Gasteiger partial charge in [-0.25, -0.2) is 4.98 Å². The van der Waals surface area contributed by atoms with E-state index in [9.17, 15) is 4.79 Å². The Morgan fingerprint density at radius 3 is 2.70 bits per heavy atom. The van der Waals surface area contributed by atoms with Crippen LogP contribution in [0.15, 0.2) is 57.9 Å². The first kappa shape index (κ1) is 20.6. The first-order valence-electron chi connectivity index (χ1n) is 9.80. The van der Waals surface area contributed by atoms with Crippen molar-refractivity contribution in [3.05, 3.63) is 76.1 Å². The molecule has 4 aromatic rings. The normalized spacial score (nSPS) is 12.2. The van der Waals surface area contributed by atoms with E-state index in [-0.39, 0.29) is 11.8 Å². The Bertz CT molecular complexity index is 1130. The van der Waals surface area contributed by atoms with Gasteiger partial charge in [0.25, 0.3) is 5.91 Å². The third-order valence-electron chi connectivity index (χ3n) is 4.99. The van der Waals surface area contributed by atoms with Crippen LogP contribution in [-0.4, -0.2) is 22.6 Å². The number of hydrogen-bond donors (Lipinski definition) is 1. The Morgan fingerprint density at radius 1 is 1.17 bits per heavy atom. The van der Waals surface area contributed by atoms with Gasteiger partial charge in [0.1, 0.15) is 5.76 Å². The van der Waals surface area contributed by atoms with E-state index >= 15 is 0 Å². The molecule has 5 nitrogen and oxygen atoms in total. The molecule has 2 aromatic heterocycles. The number of thioether (sulfide) groups is 1. The zero-order chi connectivity index (χ0) is 21.1. The van der Waals surface area contributed by atoms with Crippen LogP contribution < -0.4 is 5.32 Å². The second kappa shape index (κ2) is 9.02. The van der Waals surface area contributed by atoms with Crippen LogP contribution in [0.25, 0.3) is 10.2 Å². The topological polar surface area (TPSA) is 68.0 Å². The number of nitrogens with one attached hydrogen (secondary N) is 1. The number of amides is 1. The quantitative estimate of drug-likeness (QED) is 0.374. The van der Waals surface area contributed by atoms with Crippen molar-refractivity contribution < 1.29 is 9.32 Å². The van der Waals surface area contributed by atoms with E-state index < -0.39 is 0 Å². The Hall–Kier alpha value is -2.64. The molecule has 0 aliphatic rings. The van der Waals surface area contributed by atoms with Gasteiger partial charge in [0.15, 0.2) is 0 Å². The van der Waals surface area contributed by atoms with Gasteiger partial charge in [-0.05, 0) is 38.1 Å². The Morgan fingerprint density at radius 2 is 1.93 bits per heavy atom. The highest BCUT2D eigenvalue weighted by Crippen LogP contribution is 2.29. The Balaban J connectivity index is 1.42. The highest BCUT2D eigenvalue weighted by molar-refractivity contribution is 7.98. The van der Waals surface area contributed by atoms with Crippen molar-refractivity contribution in [2.75, 3.05) is 6.54 Å². The van der Waals surface area contributed by atoms with Gasteiger partial charge in [-0.3, -0.25) is 4.79 Å². The van der Waals surface area contributed by atoms with Gasteiger partial charge in [0.05, 0.1) is 26.5 Å². The van der Waals surface area contributed by atoms with Gasteiger partial charge < -0.3 is 9.84 Å². The van der Waals surface area contributed by atoms with Crippen LogP contribution in [0.5, 0.6) is 0 Å². The molecule has 0 aliphatic carbocycles. The summed E-state index contributed by atoms with van der Waals surface area (Å²) in [6.07, 6.45) is 0. The van der Waals surface area contributed by atoms with E-state index in [0.29, 0.717) is 17.9 Å². The van der Waals surface area contributed by atoms with Crippen LogP contribution in [-0.2, 0) is 5.75 Å². The summed E-state index contributed by atoms with van der Waals surface area (Å²) in [4.78, 5) is 18.5. The largest absolute Gasteiger partial charge is 0.361 e. The molecular formula is C23H23N3O2S2. The monoisotopic (exact) mass is 437 g/mol. The van der Waals surface area contributed by atoms with Crippen molar-refractivity contribution in [2.24, 2.45) is 0 Å². The maximum atomic E-state index is 12.9. The number of thiazole rings is 1. The highest BCUT2D eigenvalue weighted by atomic mass is 32.2. The van der Waals surface area contributed by atoms with Gasteiger partial charge in [0.2, 0.25) is 0 Å². The molecule has 1 amide bonds. The second-order valence-corrected chi connectivity index (χ2v) is 9.30. The van der Waals surface area contributed by atoms with Crippen molar-refractivity contribution in [2.45, 2.75) is 37.3 Å². The number of hydrogen-bond acceptors (Lipinski definition) is 6. The van der Waals surface area contributed by atoms with Crippen molar-refractivity contribution >= 4 is 39.2 Å². The summed E-state index contributed by atoms with van der Waals surface area (Å²) in [7, 11) is 0. The number of aryl methyl sites for hydroxylation is 2. The van der Waals surface area contributed by atoms with Crippen LogP contribution in [0, 0.1) is 13.8 Å². The molecule has 0 radical (unpaired) electrons. The van der Waals surface area contributed by atoms with Crippen LogP contribution in [0.2, 0.25) is 0 Å². The third kappa shape index (κ3) is 4.42. The van der Waals surface area contributed by atoms with Gasteiger partial charge in [-0.2, -0.15) is 0 Å². The van der Waals surface area contributed by atoms with E-state index in [1.807, 2.05) is 56.3 Å². The molecule has 30 heavy (non-hydrogen) atoms. The number of para-hydroxylation sites is 1. The highest BCUT2D eigenvalue weighted by Gasteiger charge is 2.17. The molecule has 7 heteroatoms. The van der Waals surface area contributed by atoms with Crippen LogP contribution >= 0.6 is 23.1 Å². The number of carbonyl (C=O) groups excluding carboxylic acids is 1.